The summed E-state index contributed by atoms with van der Waals surface area (Å²) in [7, 11) is 0. The van der Waals surface area contributed by atoms with E-state index in [9.17, 15) is 13.2 Å². The molecule has 1 saturated heterocycles. The number of nitrogens with zero attached hydrogens (tertiary/aromatic N) is 1. The first kappa shape index (κ1) is 11.5. The van der Waals surface area contributed by atoms with Crippen molar-refractivity contribution in [3.63, 3.8) is 0 Å². The van der Waals surface area contributed by atoms with Crippen LogP contribution in [0.2, 0.25) is 0 Å². The van der Waals surface area contributed by atoms with Crippen LogP contribution in [0.5, 0.6) is 5.75 Å². The second-order valence-corrected chi connectivity index (χ2v) is 5.82. The molecule has 2 aliphatic carbocycles. The molecular weight excluding hydrogens is 257 g/mol. The van der Waals surface area contributed by atoms with Crippen molar-refractivity contribution in [1.29, 1.82) is 0 Å². The third-order valence-corrected chi connectivity index (χ3v) is 4.84. The first-order valence-corrected chi connectivity index (χ1v) is 6.42. The number of pyridine rings is 1. The Kier molecular flexibility index (Phi) is 2.07. The lowest BCUT2D eigenvalue weighted by atomic mass is 9.72. The van der Waals surface area contributed by atoms with Gasteiger partial charge in [0.1, 0.15) is 5.75 Å². The normalized spacial score (nSPS) is 38.6. The van der Waals surface area contributed by atoms with Crippen LogP contribution in [0.25, 0.3) is 0 Å². The molecule has 0 radical (unpaired) electrons. The number of fused-ring (bicyclic) bond motifs is 1. The molecule has 0 aromatic carbocycles. The third-order valence-electron chi connectivity index (χ3n) is 4.84. The zero-order chi connectivity index (χ0) is 13.3. The molecule has 1 N–H and O–H groups in total. The molecule has 3 fully saturated rings. The zero-order valence-electron chi connectivity index (χ0n) is 10.1. The predicted molar refractivity (Wildman–Crippen MR) is 60.4 cm³/mol. The van der Waals surface area contributed by atoms with Crippen LogP contribution in [0.1, 0.15) is 12.1 Å². The molecule has 19 heavy (non-hydrogen) atoms. The van der Waals surface area contributed by atoms with E-state index in [1.807, 2.05) is 0 Å². The molecule has 4 atom stereocenters. The first-order valence-electron chi connectivity index (χ1n) is 6.42. The first-order chi connectivity index (χ1) is 8.98. The van der Waals surface area contributed by atoms with Gasteiger partial charge in [0.15, 0.2) is 0 Å². The second kappa shape index (κ2) is 3.42. The highest BCUT2D eigenvalue weighted by Gasteiger charge is 2.79. The number of aromatic nitrogens is 1. The van der Waals surface area contributed by atoms with Crippen LogP contribution in [0, 0.1) is 17.3 Å². The second-order valence-electron chi connectivity index (χ2n) is 5.82. The average molecular weight is 270 g/mol. The quantitative estimate of drug-likeness (QED) is 0.913. The molecule has 0 bridgehead atoms. The van der Waals surface area contributed by atoms with E-state index in [2.05, 4.69) is 15.0 Å². The van der Waals surface area contributed by atoms with E-state index in [1.54, 1.807) is 6.07 Å². The Bertz CT molecular complexity index is 516. The number of nitrogens with one attached hydrogen (secondary N) is 1. The van der Waals surface area contributed by atoms with Crippen molar-refractivity contribution in [3.05, 3.63) is 24.0 Å². The van der Waals surface area contributed by atoms with Gasteiger partial charge in [-0.05, 0) is 36.8 Å². The third kappa shape index (κ3) is 1.65. The van der Waals surface area contributed by atoms with Crippen LogP contribution >= 0.6 is 0 Å². The maximum atomic E-state index is 12.0. The van der Waals surface area contributed by atoms with E-state index in [0.29, 0.717) is 17.4 Å². The lowest BCUT2D eigenvalue weighted by Crippen LogP contribution is -2.44. The molecule has 1 aromatic rings. The summed E-state index contributed by atoms with van der Waals surface area (Å²) in [6.07, 6.45) is -1.41. The number of hydrogen-bond acceptors (Lipinski definition) is 3. The topological polar surface area (TPSA) is 34.1 Å². The van der Waals surface area contributed by atoms with Crippen molar-refractivity contribution in [1.82, 2.24) is 10.3 Å². The fraction of sp³-hybridized carbons (Fsp3) is 0.615. The summed E-state index contributed by atoms with van der Waals surface area (Å²) in [4.78, 5) is 4.06. The van der Waals surface area contributed by atoms with Gasteiger partial charge in [0.25, 0.3) is 0 Å². The summed E-state index contributed by atoms with van der Waals surface area (Å²) in [5, 5.41) is 3.42. The average Bonchev–Trinajstić information content (AvgIpc) is 2.66. The largest absolute Gasteiger partial charge is 0.573 e. The standard InChI is InChI=1S/C13H13F3N2O/c14-13(15,16)19-9-2-1-8(17-5-9)3-7-4-12-6-18-11(12)10(7)12/h1-2,5,7,10-11,18H,3-4,6H2/t7?,10-,11?,12?/m0/s1. The minimum Gasteiger partial charge on any atom is -0.404 e. The van der Waals surface area contributed by atoms with Gasteiger partial charge in [-0.15, -0.1) is 13.2 Å². The molecule has 102 valence electrons. The summed E-state index contributed by atoms with van der Waals surface area (Å²) >= 11 is 0. The Morgan fingerprint density at radius 1 is 1.42 bits per heavy atom. The van der Waals surface area contributed by atoms with E-state index in [1.165, 1.54) is 12.5 Å². The maximum absolute atomic E-state index is 12.0. The summed E-state index contributed by atoms with van der Waals surface area (Å²) in [6.45, 7) is 1.14. The molecule has 1 aromatic heterocycles. The molecule has 2 heterocycles. The fourth-order valence-corrected chi connectivity index (χ4v) is 3.98. The highest BCUT2D eigenvalue weighted by atomic mass is 19.4. The Morgan fingerprint density at radius 2 is 2.26 bits per heavy atom. The molecule has 3 nitrogen and oxygen atoms in total. The summed E-state index contributed by atoms with van der Waals surface area (Å²) in [6, 6.07) is 3.68. The number of rotatable bonds is 3. The van der Waals surface area contributed by atoms with Crippen molar-refractivity contribution in [2.75, 3.05) is 6.54 Å². The van der Waals surface area contributed by atoms with Crippen molar-refractivity contribution in [2.24, 2.45) is 17.3 Å². The summed E-state index contributed by atoms with van der Waals surface area (Å²) in [5.41, 5.74) is 1.45. The van der Waals surface area contributed by atoms with Gasteiger partial charge >= 0.3 is 6.36 Å². The molecule has 4 rings (SSSR count). The van der Waals surface area contributed by atoms with Gasteiger partial charge in [-0.25, -0.2) is 0 Å². The van der Waals surface area contributed by atoms with E-state index < -0.39 is 6.36 Å². The Morgan fingerprint density at radius 3 is 2.74 bits per heavy atom. The minimum absolute atomic E-state index is 0.255. The molecule has 0 amide bonds. The molecule has 6 heteroatoms. The highest BCUT2D eigenvalue weighted by molar-refractivity contribution is 5.34. The summed E-state index contributed by atoms with van der Waals surface area (Å²) < 4.78 is 39.8. The van der Waals surface area contributed by atoms with Crippen molar-refractivity contribution < 1.29 is 17.9 Å². The fourth-order valence-electron chi connectivity index (χ4n) is 3.98. The smallest absolute Gasteiger partial charge is 0.404 e. The molecule has 3 aliphatic rings. The SMILES string of the molecule is FC(F)(F)Oc1ccc(CC2CC34CNC3[C@H]24)nc1. The van der Waals surface area contributed by atoms with Gasteiger partial charge in [0.05, 0.1) is 6.20 Å². The van der Waals surface area contributed by atoms with Crippen LogP contribution in [-0.2, 0) is 6.42 Å². The van der Waals surface area contributed by atoms with Crippen LogP contribution in [0.3, 0.4) is 0 Å². The van der Waals surface area contributed by atoms with Crippen LogP contribution < -0.4 is 10.1 Å². The maximum Gasteiger partial charge on any atom is 0.573 e. The lowest BCUT2D eigenvalue weighted by Gasteiger charge is -2.36. The zero-order valence-corrected chi connectivity index (χ0v) is 10.1. The van der Waals surface area contributed by atoms with Crippen molar-refractivity contribution in [3.8, 4) is 5.75 Å². The Labute approximate surface area is 108 Å². The van der Waals surface area contributed by atoms with Crippen molar-refractivity contribution in [2.45, 2.75) is 25.2 Å². The molecule has 3 unspecified atom stereocenters. The number of hydrogen-bond donors (Lipinski definition) is 1. The number of halogens is 3. The van der Waals surface area contributed by atoms with Gasteiger partial charge < -0.3 is 10.1 Å². The van der Waals surface area contributed by atoms with E-state index in [0.717, 1.165) is 30.8 Å². The number of alkyl halides is 3. The highest BCUT2D eigenvalue weighted by Crippen LogP contribution is 2.74. The molecule has 2 saturated carbocycles. The number of ether oxygens (including phenoxy) is 1. The van der Waals surface area contributed by atoms with Gasteiger partial charge in [-0.1, -0.05) is 0 Å². The minimum atomic E-state index is -4.65. The predicted octanol–water partition coefficient (Wildman–Crippen LogP) is 2.13. The molecule has 1 aliphatic heterocycles. The monoisotopic (exact) mass is 270 g/mol. The van der Waals surface area contributed by atoms with Crippen LogP contribution in [0.15, 0.2) is 18.3 Å². The molecule has 1 spiro atoms. The van der Waals surface area contributed by atoms with Gasteiger partial charge in [0.2, 0.25) is 0 Å². The van der Waals surface area contributed by atoms with Gasteiger partial charge in [-0.2, -0.15) is 0 Å². The van der Waals surface area contributed by atoms with Crippen LogP contribution in [-0.4, -0.2) is 23.9 Å². The lowest BCUT2D eigenvalue weighted by molar-refractivity contribution is -0.274. The van der Waals surface area contributed by atoms with Gasteiger partial charge in [0, 0.05) is 23.7 Å². The Hall–Kier alpha value is -1.30. The van der Waals surface area contributed by atoms with Gasteiger partial charge in [-0.3, -0.25) is 4.98 Å². The van der Waals surface area contributed by atoms with E-state index in [-0.39, 0.29) is 5.75 Å². The van der Waals surface area contributed by atoms with E-state index >= 15 is 0 Å². The van der Waals surface area contributed by atoms with Crippen molar-refractivity contribution >= 4 is 0 Å². The molecular formula is C13H13F3N2O. The van der Waals surface area contributed by atoms with E-state index in [4.69, 9.17) is 0 Å². The summed E-state index contributed by atoms with van der Waals surface area (Å²) in [5.74, 6) is 1.16. The van der Waals surface area contributed by atoms with Crippen LogP contribution in [0.4, 0.5) is 13.2 Å². The Balaban J connectivity index is 1.37.